The zero-order valence-corrected chi connectivity index (χ0v) is 5.87. The Balaban J connectivity index is 3.08. The summed E-state index contributed by atoms with van der Waals surface area (Å²) in [6, 6.07) is 3.54. The predicted octanol–water partition coefficient (Wildman–Crippen LogP) is 1.46. The summed E-state index contributed by atoms with van der Waals surface area (Å²) >= 11 is 0. The van der Waals surface area contributed by atoms with Crippen molar-refractivity contribution >= 4 is 6.29 Å². The summed E-state index contributed by atoms with van der Waals surface area (Å²) in [4.78, 5) is 14.4. The van der Waals surface area contributed by atoms with Gasteiger partial charge in [-0.2, -0.15) is 0 Å². The monoisotopic (exact) mass is 135 g/mol. The van der Waals surface area contributed by atoms with E-state index in [-0.39, 0.29) is 0 Å². The molecule has 1 heterocycles. The Labute approximate surface area is 59.9 Å². The molecule has 0 unspecified atom stereocenters. The van der Waals surface area contributed by atoms with Crippen LogP contribution in [0.3, 0.4) is 0 Å². The number of nitrogens with zero attached hydrogens (tertiary/aromatic N) is 1. The van der Waals surface area contributed by atoms with Crippen molar-refractivity contribution in [1.82, 2.24) is 4.98 Å². The Morgan fingerprint density at radius 1 is 1.70 bits per heavy atom. The number of carbonyl (C=O) groups excluding carboxylic acids is 1. The van der Waals surface area contributed by atoms with E-state index in [1.165, 1.54) is 0 Å². The molecule has 10 heavy (non-hydrogen) atoms. The van der Waals surface area contributed by atoms with Gasteiger partial charge >= 0.3 is 0 Å². The number of pyridine rings is 1. The van der Waals surface area contributed by atoms with Crippen LogP contribution in [0.25, 0.3) is 0 Å². The van der Waals surface area contributed by atoms with Crippen LogP contribution < -0.4 is 0 Å². The molecule has 0 atom stereocenters. The summed E-state index contributed by atoms with van der Waals surface area (Å²) in [5, 5.41) is 0. The van der Waals surface area contributed by atoms with Gasteiger partial charge in [-0.15, -0.1) is 0 Å². The Bertz CT molecular complexity index is 232. The molecular weight excluding hydrogens is 126 g/mol. The van der Waals surface area contributed by atoms with Crippen LogP contribution in [0.15, 0.2) is 18.3 Å². The largest absolute Gasteiger partial charge is 0.298 e. The predicted molar refractivity (Wildman–Crippen MR) is 39.0 cm³/mol. The molecule has 0 N–H and O–H groups in total. The SMILES string of the molecule is CCc1ncccc1C=O. The van der Waals surface area contributed by atoms with Crippen molar-refractivity contribution in [2.75, 3.05) is 0 Å². The van der Waals surface area contributed by atoms with Crippen LogP contribution in [0.5, 0.6) is 0 Å². The molecule has 0 fully saturated rings. The number of aromatic nitrogens is 1. The molecule has 0 aromatic carbocycles. The van der Waals surface area contributed by atoms with Crippen LogP contribution >= 0.6 is 0 Å². The lowest BCUT2D eigenvalue weighted by atomic mass is 10.2. The Hall–Kier alpha value is -1.18. The fourth-order valence-electron chi connectivity index (χ4n) is 0.853. The lowest BCUT2D eigenvalue weighted by Gasteiger charge is -1.96. The fraction of sp³-hybridized carbons (Fsp3) is 0.250. The maximum absolute atomic E-state index is 10.3. The number of hydrogen-bond donors (Lipinski definition) is 0. The molecule has 1 aromatic rings. The van der Waals surface area contributed by atoms with E-state index in [4.69, 9.17) is 0 Å². The van der Waals surface area contributed by atoms with Gasteiger partial charge in [0.2, 0.25) is 0 Å². The van der Waals surface area contributed by atoms with E-state index in [0.29, 0.717) is 5.56 Å². The molecule has 2 nitrogen and oxygen atoms in total. The molecule has 0 spiro atoms. The number of aryl methyl sites for hydroxylation is 1. The lowest BCUT2D eigenvalue weighted by molar-refractivity contribution is 0.112. The van der Waals surface area contributed by atoms with Gasteiger partial charge in [-0.25, -0.2) is 0 Å². The molecule has 1 aromatic heterocycles. The van der Waals surface area contributed by atoms with E-state index < -0.39 is 0 Å². The minimum atomic E-state index is 0.699. The molecular formula is C8H9NO. The molecule has 0 saturated heterocycles. The third-order valence-corrected chi connectivity index (χ3v) is 1.39. The first-order valence-corrected chi connectivity index (χ1v) is 3.27. The summed E-state index contributed by atoms with van der Waals surface area (Å²) in [5.74, 6) is 0. The van der Waals surface area contributed by atoms with E-state index in [0.717, 1.165) is 18.4 Å². The lowest BCUT2D eigenvalue weighted by Crippen LogP contribution is -1.92. The van der Waals surface area contributed by atoms with E-state index in [9.17, 15) is 4.79 Å². The first-order valence-electron chi connectivity index (χ1n) is 3.27. The van der Waals surface area contributed by atoms with Crippen LogP contribution in [0.4, 0.5) is 0 Å². The van der Waals surface area contributed by atoms with Gasteiger partial charge < -0.3 is 0 Å². The molecule has 0 radical (unpaired) electrons. The molecule has 1 rings (SSSR count). The Morgan fingerprint density at radius 2 is 2.50 bits per heavy atom. The highest BCUT2D eigenvalue weighted by Crippen LogP contribution is 2.01. The van der Waals surface area contributed by atoms with Gasteiger partial charge in [0.05, 0.1) is 5.69 Å². The Morgan fingerprint density at radius 3 is 3.00 bits per heavy atom. The number of rotatable bonds is 2. The van der Waals surface area contributed by atoms with Crippen LogP contribution in [0.2, 0.25) is 0 Å². The molecule has 0 aliphatic heterocycles. The summed E-state index contributed by atoms with van der Waals surface area (Å²) in [7, 11) is 0. The van der Waals surface area contributed by atoms with Crippen molar-refractivity contribution in [2.24, 2.45) is 0 Å². The second-order valence-electron chi connectivity index (χ2n) is 2.01. The van der Waals surface area contributed by atoms with Gasteiger partial charge in [-0.05, 0) is 18.6 Å². The Kier molecular flexibility index (Phi) is 2.15. The highest BCUT2D eigenvalue weighted by molar-refractivity contribution is 5.76. The van der Waals surface area contributed by atoms with E-state index in [1.54, 1.807) is 18.3 Å². The number of carbonyl (C=O) groups is 1. The van der Waals surface area contributed by atoms with Crippen LogP contribution in [0, 0.1) is 0 Å². The van der Waals surface area contributed by atoms with Crippen LogP contribution in [-0.4, -0.2) is 11.3 Å². The van der Waals surface area contributed by atoms with Crippen molar-refractivity contribution < 1.29 is 4.79 Å². The second-order valence-corrected chi connectivity index (χ2v) is 2.01. The van der Waals surface area contributed by atoms with Crippen molar-refractivity contribution in [2.45, 2.75) is 13.3 Å². The molecule has 0 aliphatic carbocycles. The molecule has 0 saturated carbocycles. The molecule has 2 heteroatoms. The topological polar surface area (TPSA) is 30.0 Å². The highest BCUT2D eigenvalue weighted by Gasteiger charge is 1.96. The average Bonchev–Trinajstić information content (AvgIpc) is 2.04. The number of hydrogen-bond acceptors (Lipinski definition) is 2. The van der Waals surface area contributed by atoms with Gasteiger partial charge in [0.25, 0.3) is 0 Å². The van der Waals surface area contributed by atoms with Gasteiger partial charge in [-0.3, -0.25) is 9.78 Å². The van der Waals surface area contributed by atoms with Gasteiger partial charge in [0.1, 0.15) is 0 Å². The smallest absolute Gasteiger partial charge is 0.151 e. The van der Waals surface area contributed by atoms with Crippen molar-refractivity contribution in [3.8, 4) is 0 Å². The van der Waals surface area contributed by atoms with Gasteiger partial charge in [0.15, 0.2) is 6.29 Å². The minimum absolute atomic E-state index is 0.699. The molecule has 0 aliphatic rings. The molecule has 0 bridgehead atoms. The summed E-state index contributed by atoms with van der Waals surface area (Å²) in [5.41, 5.74) is 1.57. The van der Waals surface area contributed by atoms with Gasteiger partial charge in [0, 0.05) is 11.8 Å². The standard InChI is InChI=1S/C8H9NO/c1-2-8-7(6-10)4-3-5-9-8/h3-6H,2H2,1H3. The van der Waals surface area contributed by atoms with Crippen molar-refractivity contribution in [1.29, 1.82) is 0 Å². The highest BCUT2D eigenvalue weighted by atomic mass is 16.1. The summed E-state index contributed by atoms with van der Waals surface area (Å²) < 4.78 is 0. The van der Waals surface area contributed by atoms with Gasteiger partial charge in [-0.1, -0.05) is 6.92 Å². The normalized spacial score (nSPS) is 9.30. The van der Waals surface area contributed by atoms with E-state index in [1.807, 2.05) is 6.92 Å². The zero-order valence-electron chi connectivity index (χ0n) is 5.87. The molecule has 0 amide bonds. The fourth-order valence-corrected chi connectivity index (χ4v) is 0.853. The third kappa shape index (κ3) is 1.21. The summed E-state index contributed by atoms with van der Waals surface area (Å²) in [6.07, 6.45) is 3.35. The summed E-state index contributed by atoms with van der Waals surface area (Å²) in [6.45, 7) is 1.98. The average molecular weight is 135 g/mol. The molecule has 52 valence electrons. The van der Waals surface area contributed by atoms with Crippen molar-refractivity contribution in [3.63, 3.8) is 0 Å². The van der Waals surface area contributed by atoms with E-state index in [2.05, 4.69) is 4.98 Å². The second kappa shape index (κ2) is 3.11. The first kappa shape index (κ1) is 6.93. The van der Waals surface area contributed by atoms with Crippen LogP contribution in [0.1, 0.15) is 23.0 Å². The minimum Gasteiger partial charge on any atom is -0.298 e. The maximum atomic E-state index is 10.3. The third-order valence-electron chi connectivity index (χ3n) is 1.39. The maximum Gasteiger partial charge on any atom is 0.151 e. The quantitative estimate of drug-likeness (QED) is 0.574. The van der Waals surface area contributed by atoms with E-state index >= 15 is 0 Å². The van der Waals surface area contributed by atoms with Crippen molar-refractivity contribution in [3.05, 3.63) is 29.6 Å². The first-order chi connectivity index (χ1) is 4.88. The zero-order chi connectivity index (χ0) is 7.40. The number of aldehydes is 1. The van der Waals surface area contributed by atoms with Crippen LogP contribution in [-0.2, 0) is 6.42 Å².